The van der Waals surface area contributed by atoms with E-state index in [1.54, 1.807) is 43.3 Å². The summed E-state index contributed by atoms with van der Waals surface area (Å²) in [7, 11) is 0. The van der Waals surface area contributed by atoms with Crippen LogP contribution in [0.1, 0.15) is 24.0 Å². The highest BCUT2D eigenvalue weighted by Gasteiger charge is 2.18. The number of carbonyl (C=O) groups is 1. The van der Waals surface area contributed by atoms with Crippen molar-refractivity contribution in [2.24, 2.45) is 0 Å². The fourth-order valence-electron chi connectivity index (χ4n) is 3.11. The van der Waals surface area contributed by atoms with Gasteiger partial charge in [0.05, 0.1) is 31.5 Å². The lowest BCUT2D eigenvalue weighted by Crippen LogP contribution is -2.18. The van der Waals surface area contributed by atoms with Crippen molar-refractivity contribution in [3.8, 4) is 18.0 Å². The molecule has 8 nitrogen and oxygen atoms in total. The molecule has 0 atom stereocenters. The molecule has 0 unspecified atom stereocenters. The molecule has 0 spiro atoms. The summed E-state index contributed by atoms with van der Waals surface area (Å²) in [6, 6.07) is 10.1. The molecule has 0 aliphatic rings. The molecule has 3 aromatic heterocycles. The monoisotopic (exact) mass is 732 g/mol. The maximum absolute atomic E-state index is 12.5. The van der Waals surface area contributed by atoms with E-state index in [1.807, 2.05) is 12.5 Å². The molecule has 1 amide bonds. The number of rotatable bonds is 5. The second-order valence-electron chi connectivity index (χ2n) is 7.56. The zero-order valence-corrected chi connectivity index (χ0v) is 28.2. The van der Waals surface area contributed by atoms with E-state index in [9.17, 15) is 9.59 Å². The SMILES string of the molecule is C.C#CC.CSc1nc(N)c(C(=O)Nc2c(Cl)cccc2Cl)s1.CSc1nc2ncn(-c3c(Cl)cccc3Cl)c(=O)c2s1. The van der Waals surface area contributed by atoms with Gasteiger partial charge in [-0.05, 0) is 43.7 Å². The molecule has 3 heterocycles. The predicted molar refractivity (Wildman–Crippen MR) is 189 cm³/mol. The Kier molecular flexibility index (Phi) is 14.6. The number of carbonyl (C=O) groups excluding carboxylic acids is 1. The second-order valence-corrected chi connectivity index (χ2v) is 13.3. The van der Waals surface area contributed by atoms with E-state index in [1.165, 1.54) is 57.1 Å². The van der Waals surface area contributed by atoms with Crippen molar-refractivity contribution in [1.82, 2.24) is 19.5 Å². The van der Waals surface area contributed by atoms with Gasteiger partial charge >= 0.3 is 0 Å². The summed E-state index contributed by atoms with van der Waals surface area (Å²) in [6.07, 6.45) is 9.77. The Labute approximate surface area is 285 Å². The average molecular weight is 735 g/mol. The largest absolute Gasteiger partial charge is 0.382 e. The summed E-state index contributed by atoms with van der Waals surface area (Å²) in [5.41, 5.74) is 6.74. The zero-order chi connectivity index (χ0) is 31.0. The summed E-state index contributed by atoms with van der Waals surface area (Å²) < 4.78 is 3.38. The van der Waals surface area contributed by atoms with Crippen LogP contribution < -0.4 is 16.6 Å². The van der Waals surface area contributed by atoms with Crippen LogP contribution in [-0.4, -0.2) is 37.9 Å². The van der Waals surface area contributed by atoms with Crippen molar-refractivity contribution < 1.29 is 4.79 Å². The lowest BCUT2D eigenvalue weighted by atomic mass is 10.3. The first kappa shape index (κ1) is 36.7. The molecule has 16 heteroatoms. The number of nitrogens with two attached hydrogens (primary N) is 1. The van der Waals surface area contributed by atoms with Gasteiger partial charge in [-0.3, -0.25) is 14.2 Å². The molecule has 43 heavy (non-hydrogen) atoms. The molecule has 2 aromatic carbocycles. The van der Waals surface area contributed by atoms with Crippen LogP contribution >= 0.6 is 92.6 Å². The van der Waals surface area contributed by atoms with Gasteiger partial charge in [0.1, 0.15) is 21.7 Å². The Morgan fingerprint density at radius 2 is 1.49 bits per heavy atom. The summed E-state index contributed by atoms with van der Waals surface area (Å²) in [5.74, 6) is 2.08. The van der Waals surface area contributed by atoms with Gasteiger partial charge in [0, 0.05) is 0 Å². The molecule has 0 aliphatic heterocycles. The van der Waals surface area contributed by atoms with Crippen molar-refractivity contribution in [2.75, 3.05) is 23.6 Å². The number of fused-ring (bicyclic) bond motifs is 1. The molecule has 3 N–H and O–H groups in total. The van der Waals surface area contributed by atoms with Crippen LogP contribution in [0.4, 0.5) is 11.5 Å². The number of amides is 1. The molecule has 0 bridgehead atoms. The van der Waals surface area contributed by atoms with E-state index in [-0.39, 0.29) is 24.7 Å². The highest BCUT2D eigenvalue weighted by atomic mass is 35.5. The van der Waals surface area contributed by atoms with Crippen LogP contribution in [0.3, 0.4) is 0 Å². The number of terminal acetylenes is 1. The number of thiazole rings is 2. The number of aromatic nitrogens is 4. The number of para-hydroxylation sites is 2. The summed E-state index contributed by atoms with van der Waals surface area (Å²) in [5, 5.41) is 4.19. The number of halogens is 4. The number of anilines is 2. The Balaban J connectivity index is 0.000000270. The van der Waals surface area contributed by atoms with Crippen molar-refractivity contribution in [1.29, 1.82) is 0 Å². The summed E-state index contributed by atoms with van der Waals surface area (Å²) in [4.78, 5) is 37.5. The van der Waals surface area contributed by atoms with Gasteiger partial charge in [-0.25, -0.2) is 15.0 Å². The van der Waals surface area contributed by atoms with E-state index in [2.05, 4.69) is 32.6 Å². The van der Waals surface area contributed by atoms with Crippen LogP contribution in [-0.2, 0) is 0 Å². The number of nitrogen functional groups attached to an aromatic ring is 1. The fraction of sp³-hybridized carbons (Fsp3) is 0.148. The van der Waals surface area contributed by atoms with Crippen LogP contribution in [0.2, 0.25) is 20.1 Å². The molecular weight excluding hydrogens is 710 g/mol. The Morgan fingerprint density at radius 3 is 2.00 bits per heavy atom. The Hall–Kier alpha value is -2.47. The standard InChI is InChI=1S/C12H7Cl2N3OS2.C11H9Cl2N3OS2.C3H4.CH4/c1-19-12-16-10-9(20-12)11(18)17(5-15-10)8-6(13)3-2-4-7(8)14;1-18-11-16-9(14)8(19-11)10(17)15-7-5(12)3-2-4-6(7)13;1-3-2;/h2-5H,1H3;2-4H,14H2,1H3,(H,15,17);1H,2H3;1H4. The van der Waals surface area contributed by atoms with E-state index < -0.39 is 0 Å². The molecular formula is C27H24Cl4N6O2S4. The zero-order valence-electron chi connectivity index (χ0n) is 21.9. The Bertz CT molecular complexity index is 1790. The number of hydrogen-bond acceptors (Lipinski definition) is 10. The second kappa shape index (κ2) is 17.1. The van der Waals surface area contributed by atoms with Crippen molar-refractivity contribution >= 4 is 120 Å². The number of nitrogens with zero attached hydrogens (tertiary/aromatic N) is 4. The van der Waals surface area contributed by atoms with Crippen LogP contribution in [0.25, 0.3) is 16.0 Å². The third-order valence-corrected chi connectivity index (χ3v) is 10.2. The fourth-order valence-corrected chi connectivity index (χ4v) is 7.01. The first-order valence-corrected chi connectivity index (χ1v) is 16.9. The van der Waals surface area contributed by atoms with Crippen molar-refractivity contribution in [2.45, 2.75) is 23.0 Å². The van der Waals surface area contributed by atoms with Gasteiger partial charge in [0.15, 0.2) is 14.3 Å². The smallest absolute Gasteiger partial charge is 0.277 e. The van der Waals surface area contributed by atoms with Crippen LogP contribution in [0.15, 0.2) is 56.2 Å². The quantitative estimate of drug-likeness (QED) is 0.136. The maximum atomic E-state index is 12.5. The molecule has 5 rings (SSSR count). The average Bonchev–Trinajstić information content (AvgIpc) is 3.56. The van der Waals surface area contributed by atoms with E-state index in [0.29, 0.717) is 46.7 Å². The lowest BCUT2D eigenvalue weighted by molar-refractivity contribution is 0.103. The minimum Gasteiger partial charge on any atom is -0.382 e. The third kappa shape index (κ3) is 9.03. The highest BCUT2D eigenvalue weighted by Crippen LogP contribution is 2.33. The van der Waals surface area contributed by atoms with Crippen molar-refractivity contribution in [3.05, 3.63) is 78.0 Å². The highest BCUT2D eigenvalue weighted by molar-refractivity contribution is 8.00. The number of thioether (sulfide) groups is 2. The van der Waals surface area contributed by atoms with E-state index in [4.69, 9.17) is 52.1 Å². The summed E-state index contributed by atoms with van der Waals surface area (Å²) >= 11 is 29.7. The van der Waals surface area contributed by atoms with Gasteiger partial charge in [-0.2, -0.15) is 0 Å². The van der Waals surface area contributed by atoms with Gasteiger partial charge in [-0.15, -0.1) is 35.0 Å². The third-order valence-electron chi connectivity index (χ3n) is 4.87. The topological polar surface area (TPSA) is 116 Å². The van der Waals surface area contributed by atoms with Gasteiger partial charge in [0.2, 0.25) is 0 Å². The number of nitrogens with one attached hydrogen (secondary N) is 1. The predicted octanol–water partition coefficient (Wildman–Crippen LogP) is 9.15. The van der Waals surface area contributed by atoms with E-state index >= 15 is 0 Å². The maximum Gasteiger partial charge on any atom is 0.277 e. The van der Waals surface area contributed by atoms with E-state index in [0.717, 1.165) is 8.68 Å². The van der Waals surface area contributed by atoms with Crippen molar-refractivity contribution in [3.63, 3.8) is 0 Å². The minimum atomic E-state index is -0.370. The first-order chi connectivity index (χ1) is 20.1. The molecule has 5 aromatic rings. The minimum absolute atomic E-state index is 0. The molecule has 0 fully saturated rings. The molecule has 0 saturated carbocycles. The number of hydrogen-bond donors (Lipinski definition) is 2. The normalized spacial score (nSPS) is 10.0. The number of benzene rings is 2. The van der Waals surface area contributed by atoms with Crippen LogP contribution in [0.5, 0.6) is 0 Å². The van der Waals surface area contributed by atoms with Gasteiger partial charge in [0.25, 0.3) is 11.5 Å². The molecule has 226 valence electrons. The van der Waals surface area contributed by atoms with Gasteiger partial charge < -0.3 is 11.1 Å². The molecule has 0 saturated heterocycles. The Morgan fingerprint density at radius 1 is 0.977 bits per heavy atom. The molecule has 0 aliphatic carbocycles. The van der Waals surface area contributed by atoms with Gasteiger partial charge in [-0.1, -0.05) is 89.5 Å². The van der Waals surface area contributed by atoms with Crippen LogP contribution in [0, 0.1) is 12.3 Å². The summed E-state index contributed by atoms with van der Waals surface area (Å²) in [6.45, 7) is 1.65. The molecule has 0 radical (unpaired) electrons. The first-order valence-electron chi connectivity index (χ1n) is 11.4. The lowest BCUT2D eigenvalue weighted by Gasteiger charge is -2.08.